The molecule has 1 aliphatic heterocycles. The van der Waals surface area contributed by atoms with Crippen LogP contribution in [-0.2, 0) is 6.67 Å². The summed E-state index contributed by atoms with van der Waals surface area (Å²) >= 11 is 7.34. The lowest BCUT2D eigenvalue weighted by Gasteiger charge is -2.25. The molecular formula is C19H16ClN3OS. The lowest BCUT2D eigenvalue weighted by Crippen LogP contribution is -2.42. The fourth-order valence-electron chi connectivity index (χ4n) is 2.74. The molecule has 0 aliphatic carbocycles. The van der Waals surface area contributed by atoms with E-state index >= 15 is 0 Å². The van der Waals surface area contributed by atoms with Gasteiger partial charge in [0.2, 0.25) is 0 Å². The second-order valence-electron chi connectivity index (χ2n) is 5.99. The average molecular weight is 370 g/mol. The number of halogens is 1. The number of aryl methyl sites for hydroxylation is 1. The molecule has 0 saturated carbocycles. The van der Waals surface area contributed by atoms with Gasteiger partial charge in [-0.1, -0.05) is 52.8 Å². The molecule has 0 radical (unpaired) electrons. The lowest BCUT2D eigenvalue weighted by molar-refractivity contribution is 0.569. The Kier molecular flexibility index (Phi) is 4.19. The van der Waals surface area contributed by atoms with Gasteiger partial charge in [0.1, 0.15) is 13.3 Å². The van der Waals surface area contributed by atoms with E-state index < -0.39 is 0 Å². The van der Waals surface area contributed by atoms with E-state index in [1.165, 1.54) is 16.9 Å². The molecular weight excluding hydrogens is 354 g/mol. The SMILES string of the molecule is Cc1ccc(N2CN=c3s/c(=C\c4ccc(Cl)cc4)c(=O)n3C2)cc1. The molecule has 6 heteroatoms. The van der Waals surface area contributed by atoms with Gasteiger partial charge in [-0.3, -0.25) is 9.36 Å². The molecule has 0 saturated heterocycles. The third kappa shape index (κ3) is 3.25. The summed E-state index contributed by atoms with van der Waals surface area (Å²) in [7, 11) is 0. The summed E-state index contributed by atoms with van der Waals surface area (Å²) in [6, 6.07) is 15.7. The molecule has 4 nitrogen and oxygen atoms in total. The maximum Gasteiger partial charge on any atom is 0.271 e. The van der Waals surface area contributed by atoms with Crippen molar-refractivity contribution in [2.24, 2.45) is 4.99 Å². The highest BCUT2D eigenvalue weighted by atomic mass is 35.5. The van der Waals surface area contributed by atoms with Crippen molar-refractivity contribution in [2.75, 3.05) is 11.6 Å². The number of hydrogen-bond donors (Lipinski definition) is 0. The molecule has 4 rings (SSSR count). The molecule has 3 aromatic rings. The van der Waals surface area contributed by atoms with Crippen LogP contribution >= 0.6 is 22.9 Å². The van der Waals surface area contributed by atoms with Crippen molar-refractivity contribution in [1.82, 2.24) is 4.57 Å². The Bertz CT molecular complexity index is 1080. The molecule has 0 N–H and O–H groups in total. The van der Waals surface area contributed by atoms with Crippen LogP contribution in [0.25, 0.3) is 6.08 Å². The Hall–Kier alpha value is -2.37. The third-order valence-corrected chi connectivity index (χ3v) is 5.44. The van der Waals surface area contributed by atoms with E-state index in [1.54, 1.807) is 4.57 Å². The Balaban J connectivity index is 1.70. The van der Waals surface area contributed by atoms with Gasteiger partial charge in [-0.25, -0.2) is 4.99 Å². The molecule has 25 heavy (non-hydrogen) atoms. The molecule has 0 fully saturated rings. The summed E-state index contributed by atoms with van der Waals surface area (Å²) in [5.41, 5.74) is 3.24. The Morgan fingerprint density at radius 3 is 2.56 bits per heavy atom. The van der Waals surface area contributed by atoms with Crippen LogP contribution in [0.2, 0.25) is 5.02 Å². The maximum atomic E-state index is 12.7. The number of hydrogen-bond acceptors (Lipinski definition) is 4. The molecule has 0 unspecified atom stereocenters. The number of aromatic nitrogens is 1. The monoisotopic (exact) mass is 369 g/mol. The van der Waals surface area contributed by atoms with Gasteiger partial charge in [0, 0.05) is 10.7 Å². The number of nitrogens with zero attached hydrogens (tertiary/aromatic N) is 3. The second kappa shape index (κ2) is 6.50. The second-order valence-corrected chi connectivity index (χ2v) is 7.44. The predicted octanol–water partition coefficient (Wildman–Crippen LogP) is 2.76. The molecule has 2 aromatic carbocycles. The van der Waals surface area contributed by atoms with Gasteiger partial charge in [-0.2, -0.15) is 0 Å². The first-order chi connectivity index (χ1) is 12.1. The molecule has 0 spiro atoms. The predicted molar refractivity (Wildman–Crippen MR) is 103 cm³/mol. The summed E-state index contributed by atoms with van der Waals surface area (Å²) < 4.78 is 2.42. The maximum absolute atomic E-state index is 12.7. The number of benzene rings is 2. The topological polar surface area (TPSA) is 37.6 Å². The third-order valence-electron chi connectivity index (χ3n) is 4.14. The van der Waals surface area contributed by atoms with Crippen molar-refractivity contribution in [3.05, 3.63) is 84.4 Å². The van der Waals surface area contributed by atoms with Crippen LogP contribution in [0.4, 0.5) is 5.69 Å². The van der Waals surface area contributed by atoms with Crippen LogP contribution in [0, 0.1) is 6.92 Å². The lowest BCUT2D eigenvalue weighted by atomic mass is 10.2. The first-order valence-electron chi connectivity index (χ1n) is 7.93. The number of fused-ring (bicyclic) bond motifs is 1. The zero-order valence-electron chi connectivity index (χ0n) is 13.6. The molecule has 2 heterocycles. The van der Waals surface area contributed by atoms with E-state index in [0.29, 0.717) is 22.9 Å². The van der Waals surface area contributed by atoms with E-state index in [1.807, 2.05) is 30.3 Å². The van der Waals surface area contributed by atoms with Crippen LogP contribution in [0.5, 0.6) is 0 Å². The van der Waals surface area contributed by atoms with Gasteiger partial charge < -0.3 is 4.90 Å². The minimum atomic E-state index is -0.00416. The Labute approximate surface area is 153 Å². The van der Waals surface area contributed by atoms with Gasteiger partial charge >= 0.3 is 0 Å². The molecule has 0 atom stereocenters. The van der Waals surface area contributed by atoms with E-state index in [-0.39, 0.29) is 5.56 Å². The van der Waals surface area contributed by atoms with Gasteiger partial charge in [0.25, 0.3) is 5.56 Å². The highest BCUT2D eigenvalue weighted by Crippen LogP contribution is 2.16. The highest BCUT2D eigenvalue weighted by Gasteiger charge is 2.15. The van der Waals surface area contributed by atoms with E-state index in [0.717, 1.165) is 16.1 Å². The van der Waals surface area contributed by atoms with Crippen molar-refractivity contribution in [1.29, 1.82) is 0 Å². The first kappa shape index (κ1) is 16.1. The van der Waals surface area contributed by atoms with Gasteiger partial charge in [0.15, 0.2) is 4.80 Å². The first-order valence-corrected chi connectivity index (χ1v) is 9.13. The van der Waals surface area contributed by atoms with Crippen molar-refractivity contribution in [2.45, 2.75) is 13.6 Å². The van der Waals surface area contributed by atoms with Crippen molar-refractivity contribution < 1.29 is 0 Å². The fourth-order valence-corrected chi connectivity index (χ4v) is 3.83. The molecule has 0 bridgehead atoms. The summed E-state index contributed by atoms with van der Waals surface area (Å²) in [6.07, 6.45) is 1.89. The van der Waals surface area contributed by atoms with Crippen molar-refractivity contribution in [3.8, 4) is 0 Å². The number of rotatable bonds is 2. The van der Waals surface area contributed by atoms with Crippen LogP contribution in [0.3, 0.4) is 0 Å². The van der Waals surface area contributed by atoms with Crippen molar-refractivity contribution >= 4 is 34.7 Å². The van der Waals surface area contributed by atoms with Crippen molar-refractivity contribution in [3.63, 3.8) is 0 Å². The standard InChI is InChI=1S/C19H16ClN3OS/c1-13-2-8-16(9-3-13)22-11-21-19-23(12-22)18(24)17(25-19)10-14-4-6-15(20)7-5-14/h2-10H,11-12H2,1H3/b17-10-. The van der Waals surface area contributed by atoms with Crippen LogP contribution in [-0.4, -0.2) is 11.2 Å². The quantitative estimate of drug-likeness (QED) is 0.696. The van der Waals surface area contributed by atoms with Gasteiger partial charge in [-0.05, 0) is 42.8 Å². The molecule has 1 aliphatic rings. The van der Waals surface area contributed by atoms with E-state index in [9.17, 15) is 4.79 Å². The summed E-state index contributed by atoms with van der Waals surface area (Å²) in [6.45, 7) is 3.14. The smallest absolute Gasteiger partial charge is 0.271 e. The Morgan fingerprint density at radius 1 is 1.12 bits per heavy atom. The highest BCUT2D eigenvalue weighted by molar-refractivity contribution is 7.07. The molecule has 0 amide bonds. The van der Waals surface area contributed by atoms with Gasteiger partial charge in [-0.15, -0.1) is 0 Å². The van der Waals surface area contributed by atoms with Crippen LogP contribution in [0.1, 0.15) is 11.1 Å². The summed E-state index contributed by atoms with van der Waals surface area (Å²) in [5.74, 6) is 0. The number of thiazole rings is 1. The van der Waals surface area contributed by atoms with Crippen LogP contribution < -0.4 is 19.8 Å². The normalized spacial score (nSPS) is 14.3. The Morgan fingerprint density at radius 2 is 1.84 bits per heavy atom. The minimum absolute atomic E-state index is 0.00416. The largest absolute Gasteiger partial charge is 0.334 e. The zero-order valence-corrected chi connectivity index (χ0v) is 15.2. The van der Waals surface area contributed by atoms with Crippen LogP contribution in [0.15, 0.2) is 58.3 Å². The minimum Gasteiger partial charge on any atom is -0.334 e. The average Bonchev–Trinajstić information content (AvgIpc) is 2.93. The fraction of sp³-hybridized carbons (Fsp3) is 0.158. The van der Waals surface area contributed by atoms with E-state index in [2.05, 4.69) is 41.1 Å². The van der Waals surface area contributed by atoms with E-state index in [4.69, 9.17) is 11.6 Å². The molecule has 1 aromatic heterocycles. The summed E-state index contributed by atoms with van der Waals surface area (Å²) in [4.78, 5) is 20.2. The summed E-state index contributed by atoms with van der Waals surface area (Å²) in [5, 5.41) is 0.683. The zero-order chi connectivity index (χ0) is 17.4. The van der Waals surface area contributed by atoms with Gasteiger partial charge in [0.05, 0.1) is 4.53 Å². The number of anilines is 1. The molecule has 126 valence electrons.